The van der Waals surface area contributed by atoms with E-state index in [9.17, 15) is 0 Å². The number of ether oxygens (including phenoxy) is 2. The number of aryl methyl sites for hydroxylation is 1. The lowest BCUT2D eigenvalue weighted by atomic mass is 9.99. The standard InChI is InChI=1S/C16H19NO2.ClH/c1-11-7-13(8-14(10-17)16(11)19-3)12-5-4-6-15(9-12)18-2;/h4-9H,10,17H2,1-3H3;1H. The Labute approximate surface area is 126 Å². The van der Waals surface area contributed by atoms with Gasteiger partial charge in [-0.1, -0.05) is 12.1 Å². The van der Waals surface area contributed by atoms with Crippen LogP contribution in [0.2, 0.25) is 0 Å². The molecule has 20 heavy (non-hydrogen) atoms. The van der Waals surface area contributed by atoms with E-state index in [2.05, 4.69) is 18.2 Å². The molecule has 0 aliphatic carbocycles. The van der Waals surface area contributed by atoms with Crippen molar-refractivity contribution in [2.45, 2.75) is 13.5 Å². The van der Waals surface area contributed by atoms with Crippen LogP contribution in [0.1, 0.15) is 11.1 Å². The molecule has 108 valence electrons. The predicted octanol–water partition coefficient (Wildman–Crippen LogP) is 3.56. The number of hydrogen-bond acceptors (Lipinski definition) is 3. The summed E-state index contributed by atoms with van der Waals surface area (Å²) in [5.41, 5.74) is 10.1. The minimum absolute atomic E-state index is 0. The lowest BCUT2D eigenvalue weighted by Crippen LogP contribution is -2.02. The fourth-order valence-electron chi connectivity index (χ4n) is 2.26. The van der Waals surface area contributed by atoms with Crippen LogP contribution in [-0.2, 0) is 6.54 Å². The second-order valence-corrected chi connectivity index (χ2v) is 4.42. The van der Waals surface area contributed by atoms with Crippen molar-refractivity contribution in [2.24, 2.45) is 5.73 Å². The summed E-state index contributed by atoms with van der Waals surface area (Å²) >= 11 is 0. The van der Waals surface area contributed by atoms with Gasteiger partial charge in [0.15, 0.2) is 0 Å². The zero-order valence-electron chi connectivity index (χ0n) is 12.0. The van der Waals surface area contributed by atoms with Crippen LogP contribution in [0.25, 0.3) is 11.1 Å². The third-order valence-electron chi connectivity index (χ3n) is 3.18. The van der Waals surface area contributed by atoms with Crippen molar-refractivity contribution in [2.75, 3.05) is 14.2 Å². The van der Waals surface area contributed by atoms with Crippen molar-refractivity contribution >= 4 is 12.4 Å². The van der Waals surface area contributed by atoms with E-state index in [0.717, 1.165) is 33.8 Å². The summed E-state index contributed by atoms with van der Waals surface area (Å²) < 4.78 is 10.7. The maximum atomic E-state index is 5.79. The average Bonchev–Trinajstić information content (AvgIpc) is 2.46. The molecule has 0 aliphatic rings. The van der Waals surface area contributed by atoms with E-state index in [1.54, 1.807) is 14.2 Å². The van der Waals surface area contributed by atoms with Crippen molar-refractivity contribution < 1.29 is 9.47 Å². The van der Waals surface area contributed by atoms with Gasteiger partial charge in [0.05, 0.1) is 14.2 Å². The summed E-state index contributed by atoms with van der Waals surface area (Å²) in [7, 11) is 3.34. The minimum Gasteiger partial charge on any atom is -0.497 e. The largest absolute Gasteiger partial charge is 0.497 e. The number of nitrogens with two attached hydrogens (primary N) is 1. The molecule has 0 aliphatic heterocycles. The first kappa shape index (κ1) is 16.3. The Morgan fingerprint density at radius 1 is 1.00 bits per heavy atom. The fourth-order valence-corrected chi connectivity index (χ4v) is 2.26. The Kier molecular flexibility index (Phi) is 5.86. The van der Waals surface area contributed by atoms with Gasteiger partial charge in [-0.05, 0) is 47.9 Å². The van der Waals surface area contributed by atoms with E-state index in [-0.39, 0.29) is 12.4 Å². The van der Waals surface area contributed by atoms with Gasteiger partial charge >= 0.3 is 0 Å². The molecular weight excluding hydrogens is 274 g/mol. The Morgan fingerprint density at radius 2 is 1.75 bits per heavy atom. The number of rotatable bonds is 4. The summed E-state index contributed by atoms with van der Waals surface area (Å²) in [4.78, 5) is 0. The highest BCUT2D eigenvalue weighted by Crippen LogP contribution is 2.31. The van der Waals surface area contributed by atoms with Crippen molar-refractivity contribution in [3.63, 3.8) is 0 Å². The Hall–Kier alpha value is -1.71. The topological polar surface area (TPSA) is 44.5 Å². The quantitative estimate of drug-likeness (QED) is 0.937. The lowest BCUT2D eigenvalue weighted by molar-refractivity contribution is 0.407. The van der Waals surface area contributed by atoms with Gasteiger partial charge in [0.2, 0.25) is 0 Å². The molecule has 0 bridgehead atoms. The zero-order valence-corrected chi connectivity index (χ0v) is 12.8. The van der Waals surface area contributed by atoms with Gasteiger partial charge in [0.1, 0.15) is 11.5 Å². The van der Waals surface area contributed by atoms with E-state index in [1.165, 1.54) is 0 Å². The van der Waals surface area contributed by atoms with Crippen molar-refractivity contribution in [3.8, 4) is 22.6 Å². The Balaban J connectivity index is 0.00000200. The molecule has 2 rings (SSSR count). The predicted molar refractivity (Wildman–Crippen MR) is 84.9 cm³/mol. The minimum atomic E-state index is 0. The van der Waals surface area contributed by atoms with Crippen molar-refractivity contribution in [3.05, 3.63) is 47.5 Å². The monoisotopic (exact) mass is 293 g/mol. The zero-order chi connectivity index (χ0) is 13.8. The molecule has 0 radical (unpaired) electrons. The van der Waals surface area contributed by atoms with Gasteiger partial charge < -0.3 is 15.2 Å². The summed E-state index contributed by atoms with van der Waals surface area (Å²) in [6.07, 6.45) is 0. The molecule has 0 unspecified atom stereocenters. The second kappa shape index (κ2) is 7.17. The molecule has 2 aromatic carbocycles. The van der Waals surface area contributed by atoms with Crippen molar-refractivity contribution in [1.82, 2.24) is 0 Å². The number of halogens is 1. The van der Waals surface area contributed by atoms with Crippen LogP contribution in [0.3, 0.4) is 0 Å². The van der Waals surface area contributed by atoms with Gasteiger partial charge in [0, 0.05) is 12.1 Å². The van der Waals surface area contributed by atoms with Crippen LogP contribution in [0.15, 0.2) is 36.4 Å². The summed E-state index contributed by atoms with van der Waals surface area (Å²) in [5, 5.41) is 0. The molecule has 0 saturated carbocycles. The third kappa shape index (κ3) is 3.24. The molecule has 0 amide bonds. The molecule has 0 atom stereocenters. The van der Waals surface area contributed by atoms with Crippen molar-refractivity contribution in [1.29, 1.82) is 0 Å². The van der Waals surface area contributed by atoms with Gasteiger partial charge in [-0.2, -0.15) is 0 Å². The van der Waals surface area contributed by atoms with Gasteiger partial charge in [-0.25, -0.2) is 0 Å². The molecule has 3 nitrogen and oxygen atoms in total. The van der Waals surface area contributed by atoms with Gasteiger partial charge in [-0.3, -0.25) is 0 Å². The summed E-state index contributed by atoms with van der Waals surface area (Å²) in [6.45, 7) is 2.49. The maximum absolute atomic E-state index is 5.79. The first-order chi connectivity index (χ1) is 9.19. The highest BCUT2D eigenvalue weighted by molar-refractivity contribution is 5.85. The van der Waals surface area contributed by atoms with Crippen LogP contribution in [-0.4, -0.2) is 14.2 Å². The Bertz CT molecular complexity index is 585. The van der Waals surface area contributed by atoms with Crippen LogP contribution in [0.5, 0.6) is 11.5 Å². The van der Waals surface area contributed by atoms with Crippen LogP contribution >= 0.6 is 12.4 Å². The SMILES string of the molecule is COc1cccc(-c2cc(C)c(OC)c(CN)c2)c1.Cl. The van der Waals surface area contributed by atoms with E-state index in [4.69, 9.17) is 15.2 Å². The van der Waals surface area contributed by atoms with E-state index in [1.807, 2.05) is 25.1 Å². The number of benzene rings is 2. The van der Waals surface area contributed by atoms with Crippen LogP contribution in [0.4, 0.5) is 0 Å². The Morgan fingerprint density at radius 3 is 2.35 bits per heavy atom. The molecule has 0 saturated heterocycles. The molecule has 0 aromatic heterocycles. The van der Waals surface area contributed by atoms with E-state index in [0.29, 0.717) is 6.54 Å². The molecule has 4 heteroatoms. The van der Waals surface area contributed by atoms with Crippen LogP contribution < -0.4 is 15.2 Å². The highest BCUT2D eigenvalue weighted by atomic mass is 35.5. The van der Waals surface area contributed by atoms with Crippen LogP contribution in [0, 0.1) is 6.92 Å². The first-order valence-electron chi connectivity index (χ1n) is 6.21. The smallest absolute Gasteiger partial charge is 0.126 e. The second-order valence-electron chi connectivity index (χ2n) is 4.42. The van der Waals surface area contributed by atoms with Gasteiger partial charge in [0.25, 0.3) is 0 Å². The molecule has 0 heterocycles. The molecular formula is C16H20ClNO2. The summed E-state index contributed by atoms with van der Waals surface area (Å²) in [6, 6.07) is 12.2. The third-order valence-corrected chi connectivity index (χ3v) is 3.18. The van der Waals surface area contributed by atoms with Gasteiger partial charge in [-0.15, -0.1) is 12.4 Å². The molecule has 2 aromatic rings. The average molecular weight is 294 g/mol. The molecule has 0 fully saturated rings. The first-order valence-corrected chi connectivity index (χ1v) is 6.21. The van der Waals surface area contributed by atoms with E-state index >= 15 is 0 Å². The van der Waals surface area contributed by atoms with E-state index < -0.39 is 0 Å². The number of methoxy groups -OCH3 is 2. The molecule has 2 N–H and O–H groups in total. The summed E-state index contributed by atoms with van der Waals surface area (Å²) in [5.74, 6) is 1.72. The highest BCUT2D eigenvalue weighted by Gasteiger charge is 2.09. The lowest BCUT2D eigenvalue weighted by Gasteiger charge is -2.13. The molecule has 0 spiro atoms. The maximum Gasteiger partial charge on any atom is 0.126 e. The fraction of sp³-hybridized carbons (Fsp3) is 0.250. The number of hydrogen-bond donors (Lipinski definition) is 1. The normalized spacial score (nSPS) is 9.80.